The van der Waals surface area contributed by atoms with Gasteiger partial charge in [0.1, 0.15) is 17.4 Å². The smallest absolute Gasteiger partial charge is 0.429 e. The maximum absolute atomic E-state index is 14.2. The van der Waals surface area contributed by atoms with E-state index >= 15 is 0 Å². The van der Waals surface area contributed by atoms with Crippen LogP contribution in [0.5, 0.6) is 11.6 Å². The quantitative estimate of drug-likeness (QED) is 0.188. The van der Waals surface area contributed by atoms with Gasteiger partial charge in [-0.1, -0.05) is 48.5 Å². The molecule has 4 N–H and O–H groups in total. The summed E-state index contributed by atoms with van der Waals surface area (Å²) in [5, 5.41) is 11.9. The molecule has 0 saturated carbocycles. The van der Waals surface area contributed by atoms with Gasteiger partial charge in [0.2, 0.25) is 17.9 Å². The lowest BCUT2D eigenvalue weighted by Gasteiger charge is -2.22. The van der Waals surface area contributed by atoms with E-state index in [2.05, 4.69) is 20.3 Å². The van der Waals surface area contributed by atoms with E-state index in [4.69, 9.17) is 19.9 Å². The molecule has 0 spiro atoms. The Morgan fingerprint density at radius 3 is 2.17 bits per heavy atom. The topological polar surface area (TPSA) is 159 Å². The van der Waals surface area contributed by atoms with Gasteiger partial charge < -0.3 is 30.4 Å². The van der Waals surface area contributed by atoms with Crippen LogP contribution >= 0.6 is 0 Å². The number of aliphatic carboxylic acids is 1. The summed E-state index contributed by atoms with van der Waals surface area (Å²) in [5.41, 5.74) is 7.33. The van der Waals surface area contributed by atoms with Crippen LogP contribution in [0.1, 0.15) is 38.0 Å². The van der Waals surface area contributed by atoms with Crippen LogP contribution in [-0.4, -0.2) is 57.0 Å². The Balaban J connectivity index is 1.52. The molecule has 14 heteroatoms. The highest BCUT2D eigenvalue weighted by atomic mass is 19.4. The predicted molar refractivity (Wildman–Crippen MR) is 162 cm³/mol. The number of methoxy groups -OCH3 is 1. The number of rotatable bonds is 10. The second-order valence-corrected chi connectivity index (χ2v) is 11.2. The maximum Gasteiger partial charge on any atom is 0.429 e. The second-order valence-electron chi connectivity index (χ2n) is 11.2. The van der Waals surface area contributed by atoms with Gasteiger partial charge in [-0.3, -0.25) is 4.98 Å². The predicted octanol–water partition coefficient (Wildman–Crippen LogP) is 6.00. The van der Waals surface area contributed by atoms with Crippen molar-refractivity contribution >= 4 is 18.0 Å². The molecular weight excluding hydrogens is 607 g/mol. The van der Waals surface area contributed by atoms with Gasteiger partial charge >= 0.3 is 18.2 Å². The number of hydrogen-bond acceptors (Lipinski definition) is 9. The zero-order valence-corrected chi connectivity index (χ0v) is 25.3. The van der Waals surface area contributed by atoms with Crippen LogP contribution in [0.25, 0.3) is 22.4 Å². The minimum atomic E-state index is -4.80. The van der Waals surface area contributed by atoms with E-state index in [1.54, 1.807) is 57.3 Å². The molecule has 46 heavy (non-hydrogen) atoms. The van der Waals surface area contributed by atoms with E-state index in [-0.39, 0.29) is 23.6 Å². The Kier molecular flexibility index (Phi) is 9.98. The molecule has 1 amide bonds. The molecule has 2 atom stereocenters. The molecule has 2 aromatic heterocycles. The lowest BCUT2D eigenvalue weighted by atomic mass is 10.0. The number of carbonyl (C=O) groups excluding carboxylic acids is 1. The molecule has 0 aliphatic carbocycles. The van der Waals surface area contributed by atoms with Crippen molar-refractivity contribution in [2.75, 3.05) is 12.8 Å². The summed E-state index contributed by atoms with van der Waals surface area (Å²) in [4.78, 5) is 35.9. The first-order chi connectivity index (χ1) is 21.6. The standard InChI is InChI=1S/C32H32F3N5O6/c1-31(2,3)46-30(43)39-25(28(41)42)13-18-5-7-20(8-6-18)24-15-26(40-29(36)38-24)45-27(32(33,34)35)21-11-9-19(10-12-21)22-14-23(44-4)17-37-16-22/h5-12,14-17,25,27H,13H2,1-4H3,(H,39,43)(H,41,42)(H2,36,38,40)/t25-,27-/m0/s1. The van der Waals surface area contributed by atoms with Crippen molar-refractivity contribution in [2.24, 2.45) is 0 Å². The number of carbonyl (C=O) groups is 2. The van der Waals surface area contributed by atoms with Gasteiger partial charge in [-0.15, -0.1) is 0 Å². The molecule has 11 nitrogen and oxygen atoms in total. The summed E-state index contributed by atoms with van der Waals surface area (Å²) in [6.07, 6.45) is -5.01. The summed E-state index contributed by atoms with van der Waals surface area (Å²) in [7, 11) is 1.49. The number of halogens is 3. The van der Waals surface area contributed by atoms with Gasteiger partial charge in [0.25, 0.3) is 0 Å². The number of benzene rings is 2. The van der Waals surface area contributed by atoms with Crippen LogP contribution in [-0.2, 0) is 16.0 Å². The van der Waals surface area contributed by atoms with Crippen LogP contribution in [0.15, 0.2) is 73.1 Å². The summed E-state index contributed by atoms with van der Waals surface area (Å²) in [6, 6.07) is 13.7. The number of nitrogen functional groups attached to an aromatic ring is 1. The lowest BCUT2D eigenvalue weighted by molar-refractivity contribution is -0.198. The molecule has 4 rings (SSSR count). The van der Waals surface area contributed by atoms with Crippen LogP contribution in [0.2, 0.25) is 0 Å². The van der Waals surface area contributed by atoms with Crippen molar-refractivity contribution in [3.05, 3.63) is 84.2 Å². The summed E-state index contributed by atoms with van der Waals surface area (Å²) < 4.78 is 58.3. The van der Waals surface area contributed by atoms with E-state index in [0.29, 0.717) is 28.0 Å². The Morgan fingerprint density at radius 2 is 1.59 bits per heavy atom. The monoisotopic (exact) mass is 639 g/mol. The normalized spacial score (nSPS) is 12.9. The highest BCUT2D eigenvalue weighted by Gasteiger charge is 2.43. The number of ether oxygens (including phenoxy) is 3. The third-order valence-electron chi connectivity index (χ3n) is 6.43. The molecule has 0 bridgehead atoms. The van der Waals surface area contributed by atoms with Crippen molar-refractivity contribution < 1.29 is 42.1 Å². The fourth-order valence-corrected chi connectivity index (χ4v) is 4.33. The van der Waals surface area contributed by atoms with Gasteiger partial charge in [-0.05, 0) is 38.0 Å². The Labute approximate surface area is 262 Å². The minimum absolute atomic E-state index is 0.0600. The molecule has 2 aromatic carbocycles. The van der Waals surface area contributed by atoms with Gasteiger partial charge in [0.05, 0.1) is 19.0 Å². The van der Waals surface area contributed by atoms with Crippen LogP contribution in [0, 0.1) is 0 Å². The number of alkyl carbamates (subject to hydrolysis) is 1. The SMILES string of the molecule is COc1cncc(-c2ccc([C@H](Oc3cc(-c4ccc(C[C@H](NC(=O)OC(C)(C)C)C(=O)O)cc4)nc(N)n3)C(F)(F)F)cc2)c1. The van der Waals surface area contributed by atoms with Crippen molar-refractivity contribution in [1.29, 1.82) is 0 Å². The van der Waals surface area contributed by atoms with E-state index in [9.17, 15) is 27.9 Å². The highest BCUT2D eigenvalue weighted by molar-refractivity contribution is 5.80. The largest absolute Gasteiger partial charge is 0.495 e. The van der Waals surface area contributed by atoms with Gasteiger partial charge in [-0.2, -0.15) is 18.2 Å². The Bertz CT molecular complexity index is 1680. The number of aromatic nitrogens is 3. The number of carboxylic acids is 1. The van der Waals surface area contributed by atoms with Crippen molar-refractivity contribution in [3.8, 4) is 34.0 Å². The van der Waals surface area contributed by atoms with Crippen molar-refractivity contribution in [3.63, 3.8) is 0 Å². The first kappa shape index (κ1) is 33.5. The summed E-state index contributed by atoms with van der Waals surface area (Å²) in [6.45, 7) is 4.96. The van der Waals surface area contributed by atoms with Crippen molar-refractivity contribution in [2.45, 2.75) is 51.1 Å². The molecule has 2 heterocycles. The molecule has 4 aromatic rings. The summed E-state index contributed by atoms with van der Waals surface area (Å²) in [5.74, 6) is -1.47. The maximum atomic E-state index is 14.2. The lowest BCUT2D eigenvalue weighted by Crippen LogP contribution is -2.44. The van der Waals surface area contributed by atoms with Crippen LogP contribution < -0.4 is 20.5 Å². The number of amides is 1. The molecule has 0 radical (unpaired) electrons. The zero-order valence-electron chi connectivity index (χ0n) is 25.3. The average molecular weight is 640 g/mol. The number of alkyl halides is 3. The number of hydrogen-bond donors (Lipinski definition) is 3. The third-order valence-corrected chi connectivity index (χ3v) is 6.43. The number of pyridine rings is 1. The second kappa shape index (κ2) is 13.7. The number of nitrogens with zero attached hydrogens (tertiary/aromatic N) is 3. The van der Waals surface area contributed by atoms with Gasteiger partial charge in [0, 0.05) is 35.4 Å². The number of anilines is 1. The van der Waals surface area contributed by atoms with Gasteiger partial charge in [0.15, 0.2) is 0 Å². The molecule has 242 valence electrons. The molecule has 0 aliphatic heterocycles. The molecule has 0 saturated heterocycles. The third kappa shape index (κ3) is 9.06. The minimum Gasteiger partial charge on any atom is -0.495 e. The average Bonchev–Trinajstić information content (AvgIpc) is 2.98. The van der Waals surface area contributed by atoms with Crippen molar-refractivity contribution in [1.82, 2.24) is 20.3 Å². The number of carboxylic acid groups (broad SMARTS) is 1. The highest BCUT2D eigenvalue weighted by Crippen LogP contribution is 2.38. The van der Waals surface area contributed by atoms with E-state index in [1.165, 1.54) is 43.6 Å². The Morgan fingerprint density at radius 1 is 0.935 bits per heavy atom. The van der Waals surface area contributed by atoms with Crippen LogP contribution in [0.3, 0.4) is 0 Å². The molecule has 0 unspecified atom stereocenters. The summed E-state index contributed by atoms with van der Waals surface area (Å²) >= 11 is 0. The van der Waals surface area contributed by atoms with E-state index < -0.39 is 41.9 Å². The van der Waals surface area contributed by atoms with Crippen LogP contribution in [0.4, 0.5) is 23.9 Å². The Hall–Kier alpha value is -5.40. The molecule has 0 aliphatic rings. The number of nitrogens with one attached hydrogen (secondary N) is 1. The number of nitrogens with two attached hydrogens (primary N) is 1. The van der Waals surface area contributed by atoms with E-state index in [0.717, 1.165) is 0 Å². The molecular formula is C32H32F3N5O6. The fraction of sp³-hybridized carbons (Fsp3) is 0.281. The molecule has 0 fully saturated rings. The zero-order chi connectivity index (χ0) is 33.6. The first-order valence-corrected chi connectivity index (χ1v) is 13.9. The van der Waals surface area contributed by atoms with Gasteiger partial charge in [-0.25, -0.2) is 14.6 Å². The first-order valence-electron chi connectivity index (χ1n) is 13.9. The fourth-order valence-electron chi connectivity index (χ4n) is 4.33. The van der Waals surface area contributed by atoms with E-state index in [1.807, 2.05) is 0 Å².